The van der Waals surface area contributed by atoms with E-state index in [9.17, 15) is 14.4 Å². The molecule has 3 N–H and O–H groups in total. The van der Waals surface area contributed by atoms with Crippen LogP contribution in [0.2, 0.25) is 0 Å². The van der Waals surface area contributed by atoms with E-state index in [1.165, 1.54) is 25.6 Å². The Hall–Kier alpha value is -3.24. The fourth-order valence-electron chi connectivity index (χ4n) is 4.16. The minimum atomic E-state index is -0.543. The van der Waals surface area contributed by atoms with Gasteiger partial charge in [-0.3, -0.25) is 4.79 Å². The van der Waals surface area contributed by atoms with Crippen molar-refractivity contribution in [3.8, 4) is 0 Å². The number of thiophene rings is 1. The van der Waals surface area contributed by atoms with Gasteiger partial charge in [-0.1, -0.05) is 12.1 Å². The normalized spacial score (nSPS) is 17.1. The van der Waals surface area contributed by atoms with Gasteiger partial charge in [0, 0.05) is 10.6 Å². The maximum atomic E-state index is 13.5. The van der Waals surface area contributed by atoms with Crippen molar-refractivity contribution in [2.75, 3.05) is 19.5 Å². The molecular formula is C23H23N3O5S2. The van der Waals surface area contributed by atoms with E-state index in [1.54, 1.807) is 31.2 Å². The third-order valence-corrected chi connectivity index (χ3v) is 7.14. The SMILES string of the molecule is COC(=O)c1ccc(C2NC(=S)NC(C)=C2C(=O)Nc2sc3c(c2C(=O)OC)CCC3)cc1. The summed E-state index contributed by atoms with van der Waals surface area (Å²) >= 11 is 6.73. The summed E-state index contributed by atoms with van der Waals surface area (Å²) in [6.45, 7) is 1.77. The third-order valence-electron chi connectivity index (χ3n) is 5.72. The second-order valence-corrected chi connectivity index (χ2v) is 9.20. The summed E-state index contributed by atoms with van der Waals surface area (Å²) < 4.78 is 9.73. The largest absolute Gasteiger partial charge is 0.465 e. The van der Waals surface area contributed by atoms with Gasteiger partial charge < -0.3 is 25.4 Å². The van der Waals surface area contributed by atoms with Gasteiger partial charge in [0.1, 0.15) is 5.00 Å². The van der Waals surface area contributed by atoms with Crippen LogP contribution in [0.15, 0.2) is 35.5 Å². The molecule has 8 nitrogen and oxygen atoms in total. The van der Waals surface area contributed by atoms with Gasteiger partial charge in [-0.2, -0.15) is 0 Å². The van der Waals surface area contributed by atoms with Crippen LogP contribution in [0.3, 0.4) is 0 Å². The summed E-state index contributed by atoms with van der Waals surface area (Å²) in [7, 11) is 2.66. The summed E-state index contributed by atoms with van der Waals surface area (Å²) in [4.78, 5) is 38.8. The molecule has 2 heterocycles. The van der Waals surface area contributed by atoms with E-state index in [0.717, 1.165) is 35.3 Å². The number of rotatable bonds is 5. The highest BCUT2D eigenvalue weighted by atomic mass is 32.1. The van der Waals surface area contributed by atoms with Crippen LogP contribution in [0.4, 0.5) is 5.00 Å². The Balaban J connectivity index is 1.67. The lowest BCUT2D eigenvalue weighted by atomic mass is 9.94. The molecule has 2 aromatic rings. The van der Waals surface area contributed by atoms with Crippen molar-refractivity contribution in [1.29, 1.82) is 0 Å². The zero-order valence-electron chi connectivity index (χ0n) is 18.4. The molecule has 1 aliphatic carbocycles. The van der Waals surface area contributed by atoms with Crippen LogP contribution in [0.1, 0.15) is 56.1 Å². The van der Waals surface area contributed by atoms with Gasteiger partial charge in [0.25, 0.3) is 5.91 Å². The quantitative estimate of drug-likeness (QED) is 0.438. The lowest BCUT2D eigenvalue weighted by molar-refractivity contribution is -0.113. The molecule has 10 heteroatoms. The summed E-state index contributed by atoms with van der Waals surface area (Å²) in [5, 5.41) is 9.93. The van der Waals surface area contributed by atoms with E-state index in [0.29, 0.717) is 32.5 Å². The van der Waals surface area contributed by atoms with Gasteiger partial charge in [0.05, 0.1) is 37.0 Å². The number of thiocarbonyl (C=S) groups is 1. The van der Waals surface area contributed by atoms with Crippen LogP contribution in [0.25, 0.3) is 0 Å². The average molecular weight is 486 g/mol. The smallest absolute Gasteiger partial charge is 0.341 e. The van der Waals surface area contributed by atoms with Gasteiger partial charge in [-0.05, 0) is 61.7 Å². The lowest BCUT2D eigenvalue weighted by Gasteiger charge is -2.30. The number of hydrogen-bond donors (Lipinski definition) is 3. The maximum Gasteiger partial charge on any atom is 0.341 e. The van der Waals surface area contributed by atoms with Gasteiger partial charge in [0.15, 0.2) is 5.11 Å². The average Bonchev–Trinajstić information content (AvgIpc) is 3.38. The lowest BCUT2D eigenvalue weighted by Crippen LogP contribution is -2.45. The molecule has 2 aliphatic rings. The number of methoxy groups -OCH3 is 2. The number of allylic oxidation sites excluding steroid dienone is 1. The van der Waals surface area contributed by atoms with E-state index in [2.05, 4.69) is 16.0 Å². The Bertz CT molecular complexity index is 1180. The highest BCUT2D eigenvalue weighted by Crippen LogP contribution is 2.40. The first-order valence-electron chi connectivity index (χ1n) is 10.3. The Kier molecular flexibility index (Phi) is 6.48. The van der Waals surface area contributed by atoms with E-state index < -0.39 is 18.0 Å². The number of aryl methyl sites for hydroxylation is 1. The highest BCUT2D eigenvalue weighted by molar-refractivity contribution is 7.80. The molecule has 1 amide bonds. The van der Waals surface area contributed by atoms with Crippen molar-refractivity contribution in [1.82, 2.24) is 10.6 Å². The number of carbonyl (C=O) groups is 3. The first-order chi connectivity index (χ1) is 15.8. The number of ether oxygens (including phenoxy) is 2. The molecule has 172 valence electrons. The Morgan fingerprint density at radius 3 is 2.45 bits per heavy atom. The Labute approximate surface area is 200 Å². The number of amides is 1. The van der Waals surface area contributed by atoms with Crippen LogP contribution in [0, 0.1) is 0 Å². The molecule has 1 unspecified atom stereocenters. The first-order valence-corrected chi connectivity index (χ1v) is 11.6. The van der Waals surface area contributed by atoms with Crippen LogP contribution in [-0.4, -0.2) is 37.2 Å². The minimum Gasteiger partial charge on any atom is -0.465 e. The van der Waals surface area contributed by atoms with Crippen LogP contribution >= 0.6 is 23.6 Å². The monoisotopic (exact) mass is 485 g/mol. The predicted octanol–water partition coefficient (Wildman–Crippen LogP) is 3.24. The van der Waals surface area contributed by atoms with E-state index in [-0.39, 0.29) is 5.91 Å². The molecule has 1 aromatic heterocycles. The summed E-state index contributed by atoms with van der Waals surface area (Å²) in [6, 6.07) is 6.23. The Morgan fingerprint density at radius 2 is 1.79 bits per heavy atom. The third kappa shape index (κ3) is 4.36. The number of benzene rings is 1. The number of carbonyl (C=O) groups excluding carboxylic acids is 3. The molecule has 1 atom stereocenters. The minimum absolute atomic E-state index is 0.359. The highest BCUT2D eigenvalue weighted by Gasteiger charge is 2.33. The number of hydrogen-bond acceptors (Lipinski definition) is 7. The van der Waals surface area contributed by atoms with Crippen LogP contribution in [-0.2, 0) is 27.1 Å². The number of nitrogens with one attached hydrogen (secondary N) is 3. The molecule has 0 bridgehead atoms. The summed E-state index contributed by atoms with van der Waals surface area (Å²) in [6.07, 6.45) is 2.66. The molecule has 0 radical (unpaired) electrons. The van der Waals surface area contributed by atoms with Crippen LogP contribution < -0.4 is 16.0 Å². The zero-order valence-corrected chi connectivity index (χ0v) is 20.0. The van der Waals surface area contributed by atoms with E-state index in [4.69, 9.17) is 21.7 Å². The van der Waals surface area contributed by atoms with Crippen molar-refractivity contribution in [2.45, 2.75) is 32.2 Å². The van der Waals surface area contributed by atoms with Crippen LogP contribution in [0.5, 0.6) is 0 Å². The number of fused-ring (bicyclic) bond motifs is 1. The van der Waals surface area contributed by atoms with E-state index >= 15 is 0 Å². The maximum absolute atomic E-state index is 13.5. The molecule has 33 heavy (non-hydrogen) atoms. The van der Waals surface area contributed by atoms with Gasteiger partial charge in [0.2, 0.25) is 0 Å². The molecule has 1 aromatic carbocycles. The van der Waals surface area contributed by atoms with Crippen molar-refractivity contribution in [3.05, 3.63) is 62.7 Å². The molecular weight excluding hydrogens is 462 g/mol. The first kappa shape index (κ1) is 22.9. The van der Waals surface area contributed by atoms with Crippen molar-refractivity contribution in [3.63, 3.8) is 0 Å². The summed E-state index contributed by atoms with van der Waals surface area (Å²) in [5.74, 6) is -1.25. The second-order valence-electron chi connectivity index (χ2n) is 7.69. The van der Waals surface area contributed by atoms with Gasteiger partial charge in [-0.15, -0.1) is 11.3 Å². The molecule has 0 saturated carbocycles. The number of anilines is 1. The Morgan fingerprint density at radius 1 is 1.09 bits per heavy atom. The number of esters is 2. The molecule has 1 aliphatic heterocycles. The summed E-state index contributed by atoms with van der Waals surface area (Å²) in [5.41, 5.74) is 3.58. The standard InChI is InChI=1S/C23H23N3O5S2/c1-11-16(18(25-23(32)24-11)12-7-9-13(10-8-12)21(28)30-2)19(27)26-20-17(22(29)31-3)14-5-4-6-15(14)33-20/h7-10,18H,4-6H2,1-3H3,(H,26,27)(H2,24,25,32). The molecule has 0 saturated heterocycles. The van der Waals surface area contributed by atoms with Gasteiger partial charge in [-0.25, -0.2) is 9.59 Å². The zero-order chi connectivity index (χ0) is 23.7. The van der Waals surface area contributed by atoms with E-state index in [1.807, 2.05) is 0 Å². The topological polar surface area (TPSA) is 106 Å². The van der Waals surface area contributed by atoms with Crippen molar-refractivity contribution in [2.24, 2.45) is 0 Å². The second kappa shape index (κ2) is 9.32. The molecule has 0 fully saturated rings. The molecule has 0 spiro atoms. The van der Waals surface area contributed by atoms with Crippen molar-refractivity contribution < 1.29 is 23.9 Å². The molecule has 4 rings (SSSR count). The fraction of sp³-hybridized carbons (Fsp3) is 0.304. The fourth-order valence-corrected chi connectivity index (χ4v) is 5.70. The van der Waals surface area contributed by atoms with Gasteiger partial charge >= 0.3 is 11.9 Å². The van der Waals surface area contributed by atoms with Crippen molar-refractivity contribution >= 4 is 51.5 Å². The predicted molar refractivity (Wildman–Crippen MR) is 128 cm³/mol.